The molecule has 1 N–H and O–H groups in total. The van der Waals surface area contributed by atoms with Crippen LogP contribution in [0.3, 0.4) is 0 Å². The number of aromatic nitrogens is 2. The zero-order valence-corrected chi connectivity index (χ0v) is 22.7. The number of hydrogen-bond donors (Lipinski definition) is 1. The molecule has 38 heavy (non-hydrogen) atoms. The fourth-order valence-electron chi connectivity index (χ4n) is 4.04. The van der Waals surface area contributed by atoms with Crippen LogP contribution in [0.2, 0.25) is 0 Å². The molecule has 0 spiro atoms. The molecule has 0 saturated carbocycles. The molecule has 1 atom stereocenters. The number of benzene rings is 2. The van der Waals surface area contributed by atoms with Crippen LogP contribution < -0.4 is 14.4 Å². The maximum Gasteiger partial charge on any atom is 0.301 e. The van der Waals surface area contributed by atoms with E-state index in [1.54, 1.807) is 18.2 Å². The van der Waals surface area contributed by atoms with Crippen molar-refractivity contribution in [3.8, 4) is 11.5 Å². The molecular weight excluding hydrogens is 509 g/mol. The summed E-state index contributed by atoms with van der Waals surface area (Å²) in [4.78, 5) is 27.9. The van der Waals surface area contributed by atoms with Crippen molar-refractivity contribution in [3.05, 3.63) is 70.0 Å². The fraction of sp³-hybridized carbons (Fsp3) is 0.357. The number of anilines is 1. The minimum Gasteiger partial charge on any atom is -0.507 e. The van der Waals surface area contributed by atoms with Crippen molar-refractivity contribution in [3.63, 3.8) is 0 Å². The smallest absolute Gasteiger partial charge is 0.301 e. The SMILES string of the molecule is COc1cc(C2C(=C(O)c3ccc(F)cc3)C(=O)C(=O)N2c2nnc(C(C)C)s2)ccc1OCCC(C)C. The van der Waals surface area contributed by atoms with E-state index in [9.17, 15) is 19.1 Å². The Kier molecular flexibility index (Phi) is 8.11. The summed E-state index contributed by atoms with van der Waals surface area (Å²) in [5.74, 6) is -1.17. The molecular formula is C28H30FN3O5S. The van der Waals surface area contributed by atoms with E-state index in [2.05, 4.69) is 24.0 Å². The summed E-state index contributed by atoms with van der Waals surface area (Å²) < 4.78 is 25.0. The van der Waals surface area contributed by atoms with Crippen molar-refractivity contribution >= 4 is 33.9 Å². The molecule has 0 bridgehead atoms. The molecule has 1 amide bonds. The predicted octanol–water partition coefficient (Wildman–Crippen LogP) is 5.86. The molecule has 1 aliphatic rings. The Bertz CT molecular complexity index is 1370. The van der Waals surface area contributed by atoms with Crippen LogP contribution in [0.15, 0.2) is 48.0 Å². The summed E-state index contributed by atoms with van der Waals surface area (Å²) in [6.45, 7) is 8.61. The molecule has 1 aliphatic heterocycles. The van der Waals surface area contributed by atoms with Crippen LogP contribution in [0.1, 0.15) is 62.2 Å². The van der Waals surface area contributed by atoms with Gasteiger partial charge in [-0.1, -0.05) is 45.1 Å². The first kappa shape index (κ1) is 27.3. The first-order valence-corrected chi connectivity index (χ1v) is 13.1. The molecule has 4 rings (SSSR count). The monoisotopic (exact) mass is 539 g/mol. The molecule has 1 aromatic heterocycles. The van der Waals surface area contributed by atoms with Gasteiger partial charge in [-0.2, -0.15) is 0 Å². The van der Waals surface area contributed by atoms with Crippen LogP contribution >= 0.6 is 11.3 Å². The minimum absolute atomic E-state index is 0.0677. The van der Waals surface area contributed by atoms with E-state index < -0.39 is 29.3 Å². The average molecular weight is 540 g/mol. The lowest BCUT2D eigenvalue weighted by molar-refractivity contribution is -0.132. The van der Waals surface area contributed by atoms with Gasteiger partial charge in [-0.15, -0.1) is 10.2 Å². The minimum atomic E-state index is -1.02. The predicted molar refractivity (Wildman–Crippen MR) is 143 cm³/mol. The average Bonchev–Trinajstić information content (AvgIpc) is 3.47. The van der Waals surface area contributed by atoms with Gasteiger partial charge in [0.05, 0.1) is 25.3 Å². The van der Waals surface area contributed by atoms with Crippen LogP contribution in [0.25, 0.3) is 5.76 Å². The van der Waals surface area contributed by atoms with Crippen molar-refractivity contribution < 1.29 is 28.6 Å². The van der Waals surface area contributed by atoms with E-state index in [1.807, 2.05) is 13.8 Å². The summed E-state index contributed by atoms with van der Waals surface area (Å²) in [5, 5.41) is 20.5. The highest BCUT2D eigenvalue weighted by molar-refractivity contribution is 7.15. The van der Waals surface area contributed by atoms with Gasteiger partial charge in [0.15, 0.2) is 11.5 Å². The van der Waals surface area contributed by atoms with E-state index >= 15 is 0 Å². The first-order valence-electron chi connectivity index (χ1n) is 12.3. The third-order valence-electron chi connectivity index (χ3n) is 6.15. The number of aliphatic hydroxyl groups is 1. The molecule has 1 fully saturated rings. The highest BCUT2D eigenvalue weighted by Crippen LogP contribution is 2.45. The lowest BCUT2D eigenvalue weighted by atomic mass is 9.95. The Balaban J connectivity index is 1.85. The zero-order chi connectivity index (χ0) is 27.6. The Morgan fingerprint density at radius 1 is 1.08 bits per heavy atom. The highest BCUT2D eigenvalue weighted by atomic mass is 32.1. The van der Waals surface area contributed by atoms with Gasteiger partial charge in [-0.25, -0.2) is 4.39 Å². The molecule has 2 heterocycles. The zero-order valence-electron chi connectivity index (χ0n) is 21.9. The van der Waals surface area contributed by atoms with Crippen LogP contribution in [-0.2, 0) is 9.59 Å². The number of ketones is 1. The largest absolute Gasteiger partial charge is 0.507 e. The number of halogens is 1. The summed E-state index contributed by atoms with van der Waals surface area (Å²) in [6, 6.07) is 9.14. The van der Waals surface area contributed by atoms with Gasteiger partial charge in [-0.05, 0) is 54.3 Å². The molecule has 2 aromatic carbocycles. The summed E-state index contributed by atoms with van der Waals surface area (Å²) >= 11 is 1.20. The molecule has 10 heteroatoms. The number of carbonyl (C=O) groups excluding carboxylic acids is 2. The number of nitrogens with zero attached hydrogens (tertiary/aromatic N) is 3. The number of rotatable bonds is 9. The molecule has 8 nitrogen and oxygen atoms in total. The number of aliphatic hydroxyl groups excluding tert-OH is 1. The molecule has 1 saturated heterocycles. The standard InChI is InChI=1S/C28H30FN3O5S/c1-15(2)12-13-37-20-11-8-18(14-21(20)36-5)23-22(24(33)17-6-9-19(29)10-7-17)25(34)27(35)32(23)28-31-30-26(38-28)16(3)4/h6-11,14-16,23,33H,12-13H2,1-5H3. The maximum atomic E-state index is 13.5. The lowest BCUT2D eigenvalue weighted by Gasteiger charge is -2.23. The Labute approximate surface area is 224 Å². The maximum absolute atomic E-state index is 13.5. The van der Waals surface area contributed by atoms with Crippen molar-refractivity contribution in [2.45, 2.75) is 46.1 Å². The lowest BCUT2D eigenvalue weighted by Crippen LogP contribution is -2.29. The summed E-state index contributed by atoms with van der Waals surface area (Å²) in [5.41, 5.74) is 0.566. The number of ether oxygens (including phenoxy) is 2. The second-order valence-corrected chi connectivity index (χ2v) is 10.7. The second kappa shape index (κ2) is 11.3. The third-order valence-corrected chi connectivity index (χ3v) is 7.37. The van der Waals surface area contributed by atoms with Gasteiger partial charge in [0.1, 0.15) is 16.6 Å². The number of methoxy groups -OCH3 is 1. The molecule has 0 aliphatic carbocycles. The number of carbonyl (C=O) groups is 2. The Morgan fingerprint density at radius 2 is 1.79 bits per heavy atom. The summed E-state index contributed by atoms with van der Waals surface area (Å²) in [6.07, 6.45) is 0.859. The molecule has 200 valence electrons. The Morgan fingerprint density at radius 3 is 2.39 bits per heavy atom. The first-order chi connectivity index (χ1) is 18.1. The van der Waals surface area contributed by atoms with E-state index in [0.717, 1.165) is 6.42 Å². The topological polar surface area (TPSA) is 102 Å². The van der Waals surface area contributed by atoms with Gasteiger partial charge >= 0.3 is 5.91 Å². The van der Waals surface area contributed by atoms with Gasteiger partial charge in [0.2, 0.25) is 5.13 Å². The van der Waals surface area contributed by atoms with E-state index in [1.165, 1.54) is 47.6 Å². The van der Waals surface area contributed by atoms with Crippen molar-refractivity contribution in [1.29, 1.82) is 0 Å². The second-order valence-electron chi connectivity index (χ2n) is 9.69. The molecule has 3 aromatic rings. The van der Waals surface area contributed by atoms with E-state index in [-0.39, 0.29) is 22.2 Å². The quantitative estimate of drug-likeness (QED) is 0.206. The molecule has 0 radical (unpaired) electrons. The van der Waals surface area contributed by atoms with Gasteiger partial charge in [-0.3, -0.25) is 14.5 Å². The third kappa shape index (κ3) is 5.40. The highest BCUT2D eigenvalue weighted by Gasteiger charge is 2.48. The number of Topliss-reactive ketones (excluding diaryl/α,β-unsaturated/α-hetero) is 1. The normalized spacial score (nSPS) is 17.1. The number of amides is 1. The van der Waals surface area contributed by atoms with E-state index in [4.69, 9.17) is 9.47 Å². The van der Waals surface area contributed by atoms with Gasteiger partial charge < -0.3 is 14.6 Å². The van der Waals surface area contributed by atoms with Crippen LogP contribution in [0, 0.1) is 11.7 Å². The Hall–Kier alpha value is -3.79. The summed E-state index contributed by atoms with van der Waals surface area (Å²) in [7, 11) is 1.50. The van der Waals surface area contributed by atoms with Gasteiger partial charge in [0, 0.05) is 11.5 Å². The number of hydrogen-bond acceptors (Lipinski definition) is 8. The van der Waals surface area contributed by atoms with Crippen molar-refractivity contribution in [1.82, 2.24) is 10.2 Å². The fourth-order valence-corrected chi connectivity index (χ4v) is 4.92. The van der Waals surface area contributed by atoms with Gasteiger partial charge in [0.25, 0.3) is 5.78 Å². The molecule has 1 unspecified atom stereocenters. The van der Waals surface area contributed by atoms with Crippen LogP contribution in [-0.4, -0.2) is 40.7 Å². The van der Waals surface area contributed by atoms with Crippen LogP contribution in [0.5, 0.6) is 11.5 Å². The van der Waals surface area contributed by atoms with Crippen LogP contribution in [0.4, 0.5) is 9.52 Å². The van der Waals surface area contributed by atoms with Crippen molar-refractivity contribution in [2.24, 2.45) is 5.92 Å². The van der Waals surface area contributed by atoms with E-state index in [0.29, 0.717) is 34.6 Å². The van der Waals surface area contributed by atoms with Crippen molar-refractivity contribution in [2.75, 3.05) is 18.6 Å².